The van der Waals surface area contributed by atoms with E-state index in [1.54, 1.807) is 7.11 Å². The molecule has 0 fully saturated rings. The zero-order chi connectivity index (χ0) is 14.2. The molecule has 1 aliphatic heterocycles. The maximum absolute atomic E-state index is 6.25. The van der Waals surface area contributed by atoms with E-state index in [4.69, 9.17) is 15.2 Å². The number of hydrogen-bond acceptors (Lipinski definition) is 4. The molecule has 4 heteroatoms. The SMILES string of the molecule is COCCOCCCN1CCCC(N)c2ccccc21. The molecule has 20 heavy (non-hydrogen) atoms. The van der Waals surface area contributed by atoms with Gasteiger partial charge in [-0.25, -0.2) is 0 Å². The molecule has 1 aromatic rings. The van der Waals surface area contributed by atoms with E-state index in [9.17, 15) is 0 Å². The first kappa shape index (κ1) is 15.3. The van der Waals surface area contributed by atoms with Gasteiger partial charge < -0.3 is 20.1 Å². The Hall–Kier alpha value is -1.10. The number of rotatable bonds is 7. The van der Waals surface area contributed by atoms with Crippen LogP contribution in [-0.2, 0) is 9.47 Å². The molecule has 4 nitrogen and oxygen atoms in total. The van der Waals surface area contributed by atoms with E-state index in [0.717, 1.165) is 39.0 Å². The van der Waals surface area contributed by atoms with Gasteiger partial charge in [0.25, 0.3) is 0 Å². The smallest absolute Gasteiger partial charge is 0.0700 e. The summed E-state index contributed by atoms with van der Waals surface area (Å²) in [4.78, 5) is 2.45. The molecule has 112 valence electrons. The van der Waals surface area contributed by atoms with Gasteiger partial charge in [-0.05, 0) is 30.9 Å². The zero-order valence-corrected chi connectivity index (χ0v) is 12.4. The molecule has 0 saturated carbocycles. The van der Waals surface area contributed by atoms with E-state index < -0.39 is 0 Å². The van der Waals surface area contributed by atoms with Crippen LogP contribution in [0.2, 0.25) is 0 Å². The molecular weight excluding hydrogens is 252 g/mol. The third kappa shape index (κ3) is 4.20. The largest absolute Gasteiger partial charge is 0.382 e. The van der Waals surface area contributed by atoms with Crippen LogP contribution < -0.4 is 10.6 Å². The van der Waals surface area contributed by atoms with Crippen molar-refractivity contribution in [1.29, 1.82) is 0 Å². The van der Waals surface area contributed by atoms with Crippen LogP contribution in [0.3, 0.4) is 0 Å². The van der Waals surface area contributed by atoms with Gasteiger partial charge in [0.15, 0.2) is 0 Å². The normalized spacial score (nSPS) is 18.7. The van der Waals surface area contributed by atoms with E-state index in [2.05, 4.69) is 29.2 Å². The van der Waals surface area contributed by atoms with Crippen LogP contribution in [0.15, 0.2) is 24.3 Å². The predicted molar refractivity (Wildman–Crippen MR) is 82.1 cm³/mol. The van der Waals surface area contributed by atoms with Crippen LogP contribution in [0.4, 0.5) is 5.69 Å². The summed E-state index contributed by atoms with van der Waals surface area (Å²) in [6, 6.07) is 8.70. The van der Waals surface area contributed by atoms with Crippen LogP contribution in [0.25, 0.3) is 0 Å². The van der Waals surface area contributed by atoms with Crippen molar-refractivity contribution in [3.63, 3.8) is 0 Å². The van der Waals surface area contributed by atoms with Crippen molar-refractivity contribution in [3.05, 3.63) is 29.8 Å². The highest BCUT2D eigenvalue weighted by molar-refractivity contribution is 5.55. The van der Waals surface area contributed by atoms with Crippen LogP contribution in [0, 0.1) is 0 Å². The van der Waals surface area contributed by atoms with Crippen molar-refractivity contribution >= 4 is 5.69 Å². The Kier molecular flexibility index (Phi) is 6.30. The fourth-order valence-corrected chi connectivity index (χ4v) is 2.70. The lowest BCUT2D eigenvalue weighted by atomic mass is 10.0. The first-order valence-corrected chi connectivity index (χ1v) is 7.49. The van der Waals surface area contributed by atoms with Gasteiger partial charge in [-0.1, -0.05) is 18.2 Å². The molecular formula is C16H26N2O2. The highest BCUT2D eigenvalue weighted by atomic mass is 16.5. The summed E-state index contributed by atoms with van der Waals surface area (Å²) in [7, 11) is 1.70. The predicted octanol–water partition coefficient (Wildman–Crippen LogP) is 2.34. The second-order valence-corrected chi connectivity index (χ2v) is 5.25. The fraction of sp³-hybridized carbons (Fsp3) is 0.625. The number of nitrogens with zero attached hydrogens (tertiary/aromatic N) is 1. The van der Waals surface area contributed by atoms with Crippen LogP contribution in [-0.4, -0.2) is 40.0 Å². The minimum absolute atomic E-state index is 0.175. The number of hydrogen-bond donors (Lipinski definition) is 1. The fourth-order valence-electron chi connectivity index (χ4n) is 2.70. The Labute approximate surface area is 121 Å². The quantitative estimate of drug-likeness (QED) is 0.778. The Morgan fingerprint density at radius 1 is 1.25 bits per heavy atom. The van der Waals surface area contributed by atoms with Gasteiger partial charge in [-0.3, -0.25) is 0 Å². The van der Waals surface area contributed by atoms with Crippen molar-refractivity contribution in [3.8, 4) is 0 Å². The molecule has 0 aromatic heterocycles. The average Bonchev–Trinajstić information content (AvgIpc) is 2.63. The summed E-state index contributed by atoms with van der Waals surface area (Å²) in [5.41, 5.74) is 8.84. The minimum Gasteiger partial charge on any atom is -0.382 e. The standard InChI is InChI=1S/C16H26N2O2/c1-19-12-13-20-11-5-10-18-9-4-7-15(17)14-6-2-3-8-16(14)18/h2-3,6,8,15H,4-5,7,9-13,17H2,1H3. The topological polar surface area (TPSA) is 47.7 Å². The van der Waals surface area contributed by atoms with E-state index in [1.165, 1.54) is 11.3 Å². The van der Waals surface area contributed by atoms with Crippen LogP contribution in [0.1, 0.15) is 30.9 Å². The Morgan fingerprint density at radius 2 is 2.10 bits per heavy atom. The molecule has 0 aliphatic carbocycles. The second kappa shape index (κ2) is 8.25. The molecule has 1 unspecified atom stereocenters. The van der Waals surface area contributed by atoms with Crippen molar-refractivity contribution in [1.82, 2.24) is 0 Å². The molecule has 0 spiro atoms. The lowest BCUT2D eigenvalue weighted by Crippen LogP contribution is -2.26. The third-order valence-corrected chi connectivity index (χ3v) is 3.77. The maximum Gasteiger partial charge on any atom is 0.0700 e. The summed E-state index contributed by atoms with van der Waals surface area (Å²) in [6.07, 6.45) is 3.26. The first-order chi connectivity index (χ1) is 9.83. The number of fused-ring (bicyclic) bond motifs is 1. The van der Waals surface area contributed by atoms with Gasteiger partial charge in [0.2, 0.25) is 0 Å². The van der Waals surface area contributed by atoms with E-state index in [1.807, 2.05) is 0 Å². The number of methoxy groups -OCH3 is 1. The summed E-state index contributed by atoms with van der Waals surface area (Å²) in [6.45, 7) is 4.24. The highest BCUT2D eigenvalue weighted by Gasteiger charge is 2.19. The molecule has 1 aliphatic rings. The van der Waals surface area contributed by atoms with E-state index >= 15 is 0 Å². The number of ether oxygens (including phenoxy) is 2. The highest BCUT2D eigenvalue weighted by Crippen LogP contribution is 2.31. The lowest BCUT2D eigenvalue weighted by molar-refractivity contribution is 0.0700. The first-order valence-electron chi connectivity index (χ1n) is 7.49. The number of anilines is 1. The van der Waals surface area contributed by atoms with Gasteiger partial charge >= 0.3 is 0 Å². The van der Waals surface area contributed by atoms with Crippen LogP contribution in [0.5, 0.6) is 0 Å². The minimum atomic E-state index is 0.175. The lowest BCUT2D eigenvalue weighted by Gasteiger charge is -2.25. The van der Waals surface area contributed by atoms with E-state index in [0.29, 0.717) is 13.2 Å². The van der Waals surface area contributed by atoms with Gasteiger partial charge in [-0.2, -0.15) is 0 Å². The second-order valence-electron chi connectivity index (χ2n) is 5.25. The molecule has 0 bridgehead atoms. The zero-order valence-electron chi connectivity index (χ0n) is 12.4. The summed E-state index contributed by atoms with van der Waals surface area (Å²) < 4.78 is 10.5. The van der Waals surface area contributed by atoms with Gasteiger partial charge in [0.05, 0.1) is 13.2 Å². The number of para-hydroxylation sites is 1. The average molecular weight is 278 g/mol. The molecule has 0 amide bonds. The Bertz CT molecular complexity index is 398. The van der Waals surface area contributed by atoms with E-state index in [-0.39, 0.29) is 6.04 Å². The number of benzene rings is 1. The molecule has 0 radical (unpaired) electrons. The number of nitrogens with two attached hydrogens (primary N) is 1. The Morgan fingerprint density at radius 3 is 2.95 bits per heavy atom. The summed E-state index contributed by atoms with van der Waals surface area (Å²) in [5.74, 6) is 0. The Balaban J connectivity index is 1.86. The van der Waals surface area contributed by atoms with Crippen LogP contribution >= 0.6 is 0 Å². The van der Waals surface area contributed by atoms with Gasteiger partial charge in [-0.15, -0.1) is 0 Å². The molecule has 2 rings (SSSR count). The molecule has 0 saturated heterocycles. The van der Waals surface area contributed by atoms with Crippen molar-refractivity contribution in [2.24, 2.45) is 5.73 Å². The molecule has 1 heterocycles. The third-order valence-electron chi connectivity index (χ3n) is 3.77. The van der Waals surface area contributed by atoms with Crippen molar-refractivity contribution in [2.75, 3.05) is 44.9 Å². The van der Waals surface area contributed by atoms with Gasteiger partial charge in [0, 0.05) is 38.5 Å². The van der Waals surface area contributed by atoms with Gasteiger partial charge in [0.1, 0.15) is 0 Å². The molecule has 2 N–H and O–H groups in total. The maximum atomic E-state index is 6.25. The summed E-state index contributed by atoms with van der Waals surface area (Å²) >= 11 is 0. The molecule has 1 atom stereocenters. The monoisotopic (exact) mass is 278 g/mol. The molecule has 1 aromatic carbocycles. The van der Waals surface area contributed by atoms with Crippen molar-refractivity contribution < 1.29 is 9.47 Å². The van der Waals surface area contributed by atoms with Crippen molar-refractivity contribution in [2.45, 2.75) is 25.3 Å². The summed E-state index contributed by atoms with van der Waals surface area (Å²) in [5, 5.41) is 0.